The Balaban J connectivity index is 2.41. The van der Waals surface area contributed by atoms with Crippen LogP contribution in [0.15, 0.2) is 35.5 Å². The maximum Gasteiger partial charge on any atom is 0.416 e. The van der Waals surface area contributed by atoms with Crippen molar-refractivity contribution in [1.29, 1.82) is 0 Å². The minimum absolute atomic E-state index is 0.0143. The SMILES string of the molecule is CCOC(=O)/C(=C(\C)N)C1CC(=O)N(c2cccc(C(F)(F)F)c2)C1=O. The highest BCUT2D eigenvalue weighted by Crippen LogP contribution is 2.35. The van der Waals surface area contributed by atoms with Crippen LogP contribution < -0.4 is 10.6 Å². The molecule has 0 bridgehead atoms. The number of carbonyl (C=O) groups excluding carboxylic acids is 3. The number of anilines is 1. The number of amides is 2. The molecule has 0 aromatic heterocycles. The second-order valence-corrected chi connectivity index (χ2v) is 5.69. The molecular weight excluding hydrogens is 353 g/mol. The van der Waals surface area contributed by atoms with Gasteiger partial charge in [0.25, 0.3) is 0 Å². The minimum atomic E-state index is -4.62. The normalized spacial score (nSPS) is 18.8. The Hall–Kier alpha value is -2.84. The van der Waals surface area contributed by atoms with Gasteiger partial charge in [-0.05, 0) is 32.0 Å². The molecule has 2 amide bonds. The maximum atomic E-state index is 12.9. The van der Waals surface area contributed by atoms with E-state index in [1.165, 1.54) is 13.0 Å². The Morgan fingerprint density at radius 2 is 2.00 bits per heavy atom. The summed E-state index contributed by atoms with van der Waals surface area (Å²) < 4.78 is 43.5. The van der Waals surface area contributed by atoms with Crippen LogP contribution in [0.1, 0.15) is 25.8 Å². The first kappa shape index (κ1) is 19.5. The summed E-state index contributed by atoms with van der Waals surface area (Å²) in [5, 5.41) is 0. The van der Waals surface area contributed by atoms with Gasteiger partial charge in [0.15, 0.2) is 0 Å². The van der Waals surface area contributed by atoms with Gasteiger partial charge in [0.05, 0.1) is 29.3 Å². The van der Waals surface area contributed by atoms with E-state index < -0.39 is 35.4 Å². The molecule has 1 saturated heterocycles. The average Bonchev–Trinajstić information content (AvgIpc) is 2.81. The van der Waals surface area contributed by atoms with Crippen LogP contribution in [-0.4, -0.2) is 24.4 Å². The quantitative estimate of drug-likeness (QED) is 0.499. The standard InChI is InChI=1S/C17H17F3N2O4/c1-3-26-16(25)14(9(2)21)12-8-13(23)22(15(12)24)11-6-4-5-10(7-11)17(18,19)20/h4-7,12H,3,8,21H2,1-2H3/b14-9+. The smallest absolute Gasteiger partial charge is 0.416 e. The van der Waals surface area contributed by atoms with Crippen molar-refractivity contribution >= 4 is 23.5 Å². The average molecular weight is 370 g/mol. The van der Waals surface area contributed by atoms with Crippen LogP contribution in [0.3, 0.4) is 0 Å². The molecule has 0 spiro atoms. The van der Waals surface area contributed by atoms with Crippen LogP contribution in [0.25, 0.3) is 0 Å². The monoisotopic (exact) mass is 370 g/mol. The van der Waals surface area contributed by atoms with E-state index in [1.807, 2.05) is 0 Å². The zero-order valence-electron chi connectivity index (χ0n) is 14.1. The van der Waals surface area contributed by atoms with E-state index in [2.05, 4.69) is 0 Å². The third-order valence-electron chi connectivity index (χ3n) is 3.85. The number of nitrogens with zero attached hydrogens (tertiary/aromatic N) is 1. The number of esters is 1. The summed E-state index contributed by atoms with van der Waals surface area (Å²) in [6.45, 7) is 3.00. The number of imide groups is 1. The number of nitrogens with two attached hydrogens (primary N) is 1. The second-order valence-electron chi connectivity index (χ2n) is 5.69. The van der Waals surface area contributed by atoms with Gasteiger partial charge in [-0.25, -0.2) is 9.69 Å². The number of hydrogen-bond acceptors (Lipinski definition) is 5. The highest BCUT2D eigenvalue weighted by Gasteiger charge is 2.45. The van der Waals surface area contributed by atoms with E-state index in [0.717, 1.165) is 12.1 Å². The van der Waals surface area contributed by atoms with Crippen molar-refractivity contribution in [2.75, 3.05) is 11.5 Å². The Labute approximate surface area is 147 Å². The number of allylic oxidation sites excluding steroid dienone is 1. The summed E-state index contributed by atoms with van der Waals surface area (Å²) in [6, 6.07) is 3.86. The van der Waals surface area contributed by atoms with E-state index in [0.29, 0.717) is 11.0 Å². The van der Waals surface area contributed by atoms with Crippen LogP contribution in [0, 0.1) is 5.92 Å². The number of rotatable bonds is 4. The van der Waals surface area contributed by atoms with Gasteiger partial charge in [-0.2, -0.15) is 13.2 Å². The van der Waals surface area contributed by atoms with Crippen molar-refractivity contribution in [3.63, 3.8) is 0 Å². The number of halogens is 3. The molecule has 0 saturated carbocycles. The van der Waals surface area contributed by atoms with Crippen molar-refractivity contribution in [1.82, 2.24) is 0 Å². The van der Waals surface area contributed by atoms with Crippen molar-refractivity contribution < 1.29 is 32.3 Å². The van der Waals surface area contributed by atoms with Crippen LogP contribution in [0.2, 0.25) is 0 Å². The predicted octanol–water partition coefficient (Wildman–Crippen LogP) is 2.38. The highest BCUT2D eigenvalue weighted by molar-refractivity contribution is 6.23. The number of hydrogen-bond donors (Lipinski definition) is 1. The molecule has 1 heterocycles. The molecule has 1 aromatic carbocycles. The van der Waals surface area contributed by atoms with Gasteiger partial charge in [0.1, 0.15) is 0 Å². The lowest BCUT2D eigenvalue weighted by Crippen LogP contribution is -2.32. The Morgan fingerprint density at radius 1 is 1.35 bits per heavy atom. The first-order valence-corrected chi connectivity index (χ1v) is 7.75. The van der Waals surface area contributed by atoms with Gasteiger partial charge in [-0.3, -0.25) is 9.59 Å². The lowest BCUT2D eigenvalue weighted by molar-refractivity contribution is -0.140. The summed E-state index contributed by atoms with van der Waals surface area (Å²) in [4.78, 5) is 37.6. The van der Waals surface area contributed by atoms with Gasteiger partial charge in [-0.15, -0.1) is 0 Å². The van der Waals surface area contributed by atoms with Crippen LogP contribution in [0.5, 0.6) is 0 Å². The largest absolute Gasteiger partial charge is 0.463 e. The minimum Gasteiger partial charge on any atom is -0.463 e. The van der Waals surface area contributed by atoms with Gasteiger partial charge in [0, 0.05) is 12.1 Å². The van der Waals surface area contributed by atoms with Crippen molar-refractivity contribution in [3.8, 4) is 0 Å². The van der Waals surface area contributed by atoms with Crippen molar-refractivity contribution in [3.05, 3.63) is 41.1 Å². The van der Waals surface area contributed by atoms with Crippen molar-refractivity contribution in [2.24, 2.45) is 11.7 Å². The molecular formula is C17H17F3N2O4. The van der Waals surface area contributed by atoms with E-state index in [9.17, 15) is 27.6 Å². The first-order valence-electron chi connectivity index (χ1n) is 7.75. The Bertz CT molecular complexity index is 782. The third kappa shape index (κ3) is 3.71. The first-order chi connectivity index (χ1) is 12.1. The third-order valence-corrected chi connectivity index (χ3v) is 3.85. The zero-order valence-corrected chi connectivity index (χ0v) is 14.1. The van der Waals surface area contributed by atoms with Gasteiger partial charge < -0.3 is 10.5 Å². The van der Waals surface area contributed by atoms with Crippen molar-refractivity contribution in [2.45, 2.75) is 26.4 Å². The van der Waals surface area contributed by atoms with Crippen LogP contribution in [0.4, 0.5) is 18.9 Å². The topological polar surface area (TPSA) is 89.7 Å². The van der Waals surface area contributed by atoms with E-state index in [-0.39, 0.29) is 30.0 Å². The molecule has 0 radical (unpaired) electrons. The molecule has 1 unspecified atom stereocenters. The fourth-order valence-corrected chi connectivity index (χ4v) is 2.74. The molecule has 1 atom stereocenters. The summed E-state index contributed by atoms with van der Waals surface area (Å²) in [5.41, 5.74) is 4.33. The number of alkyl halides is 3. The lowest BCUT2D eigenvalue weighted by Gasteiger charge is -2.18. The van der Waals surface area contributed by atoms with Gasteiger partial charge in [0.2, 0.25) is 11.8 Å². The molecule has 2 N–H and O–H groups in total. The molecule has 1 aromatic rings. The van der Waals surface area contributed by atoms with Gasteiger partial charge >= 0.3 is 12.1 Å². The van der Waals surface area contributed by atoms with Crippen LogP contribution in [-0.2, 0) is 25.3 Å². The van der Waals surface area contributed by atoms with E-state index >= 15 is 0 Å². The fraction of sp³-hybridized carbons (Fsp3) is 0.353. The molecule has 26 heavy (non-hydrogen) atoms. The van der Waals surface area contributed by atoms with Gasteiger partial charge in [-0.1, -0.05) is 6.07 Å². The summed E-state index contributed by atoms with van der Waals surface area (Å²) in [5.74, 6) is -3.56. The summed E-state index contributed by atoms with van der Waals surface area (Å²) >= 11 is 0. The molecule has 0 aliphatic carbocycles. The molecule has 1 fully saturated rings. The lowest BCUT2D eigenvalue weighted by atomic mass is 9.95. The number of benzene rings is 1. The van der Waals surface area contributed by atoms with Crippen LogP contribution >= 0.6 is 0 Å². The van der Waals surface area contributed by atoms with E-state index in [4.69, 9.17) is 10.5 Å². The Kier molecular flexibility index (Phi) is 5.38. The molecule has 2 rings (SSSR count). The predicted molar refractivity (Wildman–Crippen MR) is 85.6 cm³/mol. The maximum absolute atomic E-state index is 12.9. The zero-order chi connectivity index (χ0) is 19.6. The Morgan fingerprint density at radius 3 is 2.54 bits per heavy atom. The summed E-state index contributed by atoms with van der Waals surface area (Å²) in [7, 11) is 0. The second kappa shape index (κ2) is 7.19. The fourth-order valence-electron chi connectivity index (χ4n) is 2.74. The molecule has 1 aliphatic heterocycles. The molecule has 140 valence electrons. The number of carbonyl (C=O) groups is 3. The summed E-state index contributed by atoms with van der Waals surface area (Å²) in [6.07, 6.45) is -5.00. The molecule has 6 nitrogen and oxygen atoms in total. The van der Waals surface area contributed by atoms with E-state index in [1.54, 1.807) is 6.92 Å². The number of ether oxygens (including phenoxy) is 1. The highest BCUT2D eigenvalue weighted by atomic mass is 19.4. The molecule has 9 heteroatoms. The molecule has 1 aliphatic rings.